The van der Waals surface area contributed by atoms with Crippen molar-refractivity contribution in [2.75, 3.05) is 24.3 Å². The number of rotatable bonds is 12. The Balaban J connectivity index is 1.46. The van der Waals surface area contributed by atoms with Crippen LogP contribution in [0, 0.1) is 0 Å². The lowest BCUT2D eigenvalue weighted by molar-refractivity contribution is -0.113. The molecule has 4 aromatic rings. The van der Waals surface area contributed by atoms with Crippen LogP contribution in [-0.4, -0.2) is 51.5 Å². The fourth-order valence-electron chi connectivity index (χ4n) is 3.71. The van der Waals surface area contributed by atoms with E-state index in [-0.39, 0.29) is 30.7 Å². The van der Waals surface area contributed by atoms with E-state index in [2.05, 4.69) is 20.8 Å². The van der Waals surface area contributed by atoms with Crippen LogP contribution in [0.1, 0.15) is 40.4 Å². The number of hydrogen-bond donors (Lipinski definition) is 2. The zero-order valence-corrected chi connectivity index (χ0v) is 22.9. The van der Waals surface area contributed by atoms with E-state index in [0.717, 1.165) is 11.4 Å². The zero-order valence-electron chi connectivity index (χ0n) is 22.1. The lowest BCUT2D eigenvalue weighted by Gasteiger charge is -2.12. The van der Waals surface area contributed by atoms with Crippen molar-refractivity contribution >= 4 is 35.2 Å². The molecular formula is C29H29N5O5S. The van der Waals surface area contributed by atoms with Gasteiger partial charge in [-0.15, -0.1) is 10.2 Å². The van der Waals surface area contributed by atoms with Gasteiger partial charge in [-0.1, -0.05) is 30.0 Å². The van der Waals surface area contributed by atoms with Crippen molar-refractivity contribution in [2.45, 2.75) is 25.5 Å². The number of nitrogens with zero attached hydrogens (tertiary/aromatic N) is 3. The molecule has 0 aliphatic carbocycles. The maximum absolute atomic E-state index is 12.7. The first kappa shape index (κ1) is 28.4. The molecule has 2 amide bonds. The number of carbonyl (C=O) groups is 3. The summed E-state index contributed by atoms with van der Waals surface area (Å²) in [5, 5.41) is 14.8. The summed E-state index contributed by atoms with van der Waals surface area (Å²) in [5.41, 5.74) is 2.26. The maximum Gasteiger partial charge on any atom is 0.338 e. The van der Waals surface area contributed by atoms with Gasteiger partial charge in [-0.05, 0) is 74.5 Å². The number of carbonyl (C=O) groups excluding carboxylic acids is 3. The van der Waals surface area contributed by atoms with Crippen LogP contribution in [0.2, 0.25) is 0 Å². The van der Waals surface area contributed by atoms with Crippen LogP contribution in [0.3, 0.4) is 0 Å². The molecule has 1 aromatic heterocycles. The molecule has 0 radical (unpaired) electrons. The van der Waals surface area contributed by atoms with Gasteiger partial charge in [-0.2, -0.15) is 0 Å². The molecule has 0 spiro atoms. The maximum atomic E-state index is 12.7. The third-order valence-corrected chi connectivity index (χ3v) is 6.49. The molecule has 4 rings (SSSR count). The fourth-order valence-corrected chi connectivity index (χ4v) is 4.48. The second-order valence-corrected chi connectivity index (χ2v) is 9.29. The van der Waals surface area contributed by atoms with Gasteiger partial charge in [0.25, 0.3) is 5.91 Å². The highest BCUT2D eigenvalue weighted by atomic mass is 32.2. The quantitative estimate of drug-likeness (QED) is 0.192. The monoisotopic (exact) mass is 559 g/mol. The van der Waals surface area contributed by atoms with Crippen LogP contribution in [0.15, 0.2) is 84.0 Å². The van der Waals surface area contributed by atoms with Crippen molar-refractivity contribution in [2.24, 2.45) is 0 Å². The van der Waals surface area contributed by atoms with Crippen molar-refractivity contribution in [3.05, 3.63) is 95.8 Å². The van der Waals surface area contributed by atoms with Gasteiger partial charge in [0, 0.05) is 16.9 Å². The summed E-state index contributed by atoms with van der Waals surface area (Å²) in [6.45, 7) is 4.62. The number of nitrogens with one attached hydrogen (secondary N) is 2. The third-order valence-electron chi connectivity index (χ3n) is 5.56. The van der Waals surface area contributed by atoms with Crippen LogP contribution in [0.4, 0.5) is 5.69 Å². The molecule has 0 fully saturated rings. The summed E-state index contributed by atoms with van der Waals surface area (Å²) in [7, 11) is 0. The molecule has 10 nitrogen and oxygen atoms in total. The summed E-state index contributed by atoms with van der Waals surface area (Å²) in [4.78, 5) is 37.1. The first-order valence-corrected chi connectivity index (χ1v) is 13.7. The Morgan fingerprint density at radius 2 is 1.57 bits per heavy atom. The molecule has 11 heteroatoms. The smallest absolute Gasteiger partial charge is 0.338 e. The molecular weight excluding hydrogens is 530 g/mol. The molecule has 0 bridgehead atoms. The summed E-state index contributed by atoms with van der Waals surface area (Å²) >= 11 is 1.21. The molecule has 3 aromatic carbocycles. The van der Waals surface area contributed by atoms with Gasteiger partial charge in [-0.3, -0.25) is 14.2 Å². The minimum atomic E-state index is -0.416. The second-order valence-electron chi connectivity index (χ2n) is 8.34. The molecule has 206 valence electrons. The average Bonchev–Trinajstić information content (AvgIpc) is 3.39. The Morgan fingerprint density at radius 3 is 2.25 bits per heavy atom. The summed E-state index contributed by atoms with van der Waals surface area (Å²) in [6, 6.07) is 22.8. The Bertz CT molecular complexity index is 1440. The highest BCUT2D eigenvalue weighted by Gasteiger charge is 2.17. The number of amides is 2. The van der Waals surface area contributed by atoms with E-state index in [4.69, 9.17) is 9.47 Å². The number of benzene rings is 3. The minimum Gasteiger partial charge on any atom is -0.494 e. The van der Waals surface area contributed by atoms with Crippen LogP contribution >= 0.6 is 11.8 Å². The number of ether oxygens (including phenoxy) is 2. The lowest BCUT2D eigenvalue weighted by Crippen LogP contribution is -2.24. The Kier molecular flexibility index (Phi) is 9.89. The van der Waals surface area contributed by atoms with E-state index < -0.39 is 5.97 Å². The van der Waals surface area contributed by atoms with E-state index in [9.17, 15) is 14.4 Å². The summed E-state index contributed by atoms with van der Waals surface area (Å²) < 4.78 is 12.3. The molecule has 0 aliphatic heterocycles. The van der Waals surface area contributed by atoms with Crippen molar-refractivity contribution < 1.29 is 23.9 Å². The summed E-state index contributed by atoms with van der Waals surface area (Å²) in [5.74, 6) is 0.385. The van der Waals surface area contributed by atoms with Gasteiger partial charge in [0.2, 0.25) is 5.91 Å². The predicted molar refractivity (Wildman–Crippen MR) is 152 cm³/mol. The number of thioether (sulfide) groups is 1. The highest BCUT2D eigenvalue weighted by molar-refractivity contribution is 7.99. The van der Waals surface area contributed by atoms with Gasteiger partial charge < -0.3 is 20.1 Å². The van der Waals surface area contributed by atoms with Gasteiger partial charge in [0.15, 0.2) is 11.0 Å². The highest BCUT2D eigenvalue weighted by Crippen LogP contribution is 2.24. The predicted octanol–water partition coefficient (Wildman–Crippen LogP) is 4.50. The van der Waals surface area contributed by atoms with Crippen LogP contribution < -0.4 is 15.4 Å². The van der Waals surface area contributed by atoms with Gasteiger partial charge >= 0.3 is 5.97 Å². The Hall–Kier alpha value is -4.64. The standard InChI is InChI=1S/C29H29N5O5S/c1-3-38-24-16-14-23(15-17-24)34-25(18-30-27(36)20-8-6-5-7-9-20)32-33-29(34)40-19-26(35)31-22-12-10-21(11-13-22)28(37)39-4-2/h5-17H,3-4,18-19H2,1-2H3,(H,30,36)(H,31,35). The van der Waals surface area contributed by atoms with E-state index in [0.29, 0.717) is 34.4 Å². The Labute approximate surface area is 236 Å². The van der Waals surface area contributed by atoms with Crippen molar-refractivity contribution in [1.82, 2.24) is 20.1 Å². The average molecular weight is 560 g/mol. The fraction of sp³-hybridized carbons (Fsp3) is 0.207. The van der Waals surface area contributed by atoms with Gasteiger partial charge in [0.05, 0.1) is 31.1 Å². The van der Waals surface area contributed by atoms with Crippen molar-refractivity contribution in [1.29, 1.82) is 0 Å². The van der Waals surface area contributed by atoms with Gasteiger partial charge in [-0.25, -0.2) is 4.79 Å². The van der Waals surface area contributed by atoms with E-state index in [1.165, 1.54) is 11.8 Å². The van der Waals surface area contributed by atoms with E-state index in [1.807, 2.05) is 37.3 Å². The number of esters is 1. The molecule has 1 heterocycles. The Morgan fingerprint density at radius 1 is 0.850 bits per heavy atom. The topological polar surface area (TPSA) is 124 Å². The first-order valence-electron chi connectivity index (χ1n) is 12.7. The second kappa shape index (κ2) is 13.9. The molecule has 40 heavy (non-hydrogen) atoms. The third kappa shape index (κ3) is 7.48. The van der Waals surface area contributed by atoms with Gasteiger partial charge in [0.1, 0.15) is 5.75 Å². The SMILES string of the molecule is CCOC(=O)c1ccc(NC(=O)CSc2nnc(CNC(=O)c3ccccc3)n2-c2ccc(OCC)cc2)cc1. The first-order chi connectivity index (χ1) is 19.5. The number of aromatic nitrogens is 3. The minimum absolute atomic E-state index is 0.0607. The number of anilines is 1. The van der Waals surface area contributed by atoms with E-state index in [1.54, 1.807) is 60.0 Å². The molecule has 0 saturated heterocycles. The lowest BCUT2D eigenvalue weighted by atomic mass is 10.2. The largest absolute Gasteiger partial charge is 0.494 e. The van der Waals surface area contributed by atoms with E-state index >= 15 is 0 Å². The van der Waals surface area contributed by atoms with Crippen LogP contribution in [-0.2, 0) is 16.1 Å². The summed E-state index contributed by atoms with van der Waals surface area (Å²) in [6.07, 6.45) is 0. The zero-order chi connectivity index (χ0) is 28.3. The molecule has 0 unspecified atom stereocenters. The normalized spacial score (nSPS) is 10.6. The molecule has 0 aliphatic rings. The molecule has 0 saturated carbocycles. The van der Waals surface area contributed by atoms with Crippen LogP contribution in [0.5, 0.6) is 5.75 Å². The van der Waals surface area contributed by atoms with Crippen LogP contribution in [0.25, 0.3) is 5.69 Å². The number of hydrogen-bond acceptors (Lipinski definition) is 8. The van der Waals surface area contributed by atoms with Crippen molar-refractivity contribution in [3.8, 4) is 11.4 Å². The molecule has 0 atom stereocenters. The molecule has 2 N–H and O–H groups in total. The van der Waals surface area contributed by atoms with Crippen molar-refractivity contribution in [3.63, 3.8) is 0 Å².